The average Bonchev–Trinajstić information content (AvgIpc) is 3.70. The lowest BCUT2D eigenvalue weighted by atomic mass is 10.1. The molecule has 0 radical (unpaired) electrons. The molecule has 0 amide bonds. The molecule has 43 heavy (non-hydrogen) atoms. The lowest BCUT2D eigenvalue weighted by Crippen LogP contribution is -2.13. The molecule has 9 nitrogen and oxygen atoms in total. The maximum absolute atomic E-state index is 6.39. The molecule has 0 aliphatic rings. The van der Waals surface area contributed by atoms with Crippen molar-refractivity contribution in [2.75, 3.05) is 0 Å². The minimum absolute atomic E-state index is 0.0641. The molecule has 0 atom stereocenters. The molecule has 0 unspecified atom stereocenters. The zero-order chi connectivity index (χ0) is 30.7. The maximum atomic E-state index is 6.39. The highest BCUT2D eigenvalue weighted by Gasteiger charge is 2.18. The van der Waals surface area contributed by atoms with E-state index in [9.17, 15) is 0 Å². The summed E-state index contributed by atoms with van der Waals surface area (Å²) in [5.41, 5.74) is 16.7. The Morgan fingerprint density at radius 2 is 1.12 bits per heavy atom. The second-order valence-electron chi connectivity index (χ2n) is 10.4. The summed E-state index contributed by atoms with van der Waals surface area (Å²) in [6.45, 7) is 11.8. The Labute approximate surface area is 259 Å². The lowest BCUT2D eigenvalue weighted by Gasteiger charge is -2.15. The fourth-order valence-corrected chi connectivity index (χ4v) is 5.47. The van der Waals surface area contributed by atoms with Crippen LogP contribution in [0.3, 0.4) is 0 Å². The van der Waals surface area contributed by atoms with Crippen molar-refractivity contribution in [2.24, 2.45) is 21.5 Å². The smallest absolute Gasteiger partial charge is 0.150 e. The van der Waals surface area contributed by atoms with E-state index in [0.717, 1.165) is 21.1 Å². The topological polar surface area (TPSA) is 134 Å². The monoisotopic (exact) mass is 614 g/mol. The number of nitrogens with zero attached hydrogens (tertiary/aromatic N) is 4. The van der Waals surface area contributed by atoms with Gasteiger partial charge in [0.15, 0.2) is 11.7 Å². The molecule has 0 aliphatic heterocycles. The van der Waals surface area contributed by atoms with Crippen LogP contribution >= 0.6 is 22.7 Å². The second-order valence-corrected chi connectivity index (χ2v) is 12.5. The van der Waals surface area contributed by atoms with Gasteiger partial charge in [-0.15, -0.1) is 22.7 Å². The number of thiazole rings is 2. The molecule has 0 saturated carbocycles. The third-order valence-corrected chi connectivity index (χ3v) is 7.60. The third kappa shape index (κ3) is 7.30. The van der Waals surface area contributed by atoms with E-state index < -0.39 is 0 Å². The van der Waals surface area contributed by atoms with E-state index in [4.69, 9.17) is 25.4 Å². The first-order chi connectivity index (χ1) is 20.5. The van der Waals surface area contributed by atoms with Crippen LogP contribution in [-0.4, -0.2) is 33.8 Å². The minimum atomic E-state index is -0.0641. The second kappa shape index (κ2) is 12.8. The van der Waals surface area contributed by atoms with Crippen LogP contribution in [0, 0.1) is 13.8 Å². The summed E-state index contributed by atoms with van der Waals surface area (Å²) < 4.78 is 18.7. The standard InChI is InChI=1S/C32H34N6O3S2/c1-17(2)39-29-13-21(37-31(33)25-15-42-19(5)35-25)7-9-23(29)27-11-12-28(41-27)24-10-8-22(14-30(24)40-18(3)4)38-32(34)26-16-43-20(6)36-26/h7-18H,1-6H3,(H2,33,37)(H2,34,38). The molecule has 222 valence electrons. The van der Waals surface area contributed by atoms with Gasteiger partial charge in [0.05, 0.1) is 44.7 Å². The summed E-state index contributed by atoms with van der Waals surface area (Å²) in [6.07, 6.45) is -0.128. The van der Waals surface area contributed by atoms with E-state index in [0.29, 0.717) is 57.5 Å². The van der Waals surface area contributed by atoms with Crippen molar-refractivity contribution in [1.29, 1.82) is 0 Å². The van der Waals surface area contributed by atoms with Crippen LogP contribution in [0.4, 0.5) is 11.4 Å². The van der Waals surface area contributed by atoms with Crippen LogP contribution in [0.25, 0.3) is 22.6 Å². The zero-order valence-electron chi connectivity index (χ0n) is 24.9. The number of aliphatic imine (C=N–C) groups is 2. The Hall–Kier alpha value is -4.48. The Morgan fingerprint density at radius 3 is 1.47 bits per heavy atom. The summed E-state index contributed by atoms with van der Waals surface area (Å²) in [4.78, 5) is 18.0. The molecular formula is C32H34N6O3S2. The van der Waals surface area contributed by atoms with Crippen LogP contribution in [0.15, 0.2) is 73.7 Å². The Bertz CT molecular complexity index is 1670. The van der Waals surface area contributed by atoms with Gasteiger partial charge >= 0.3 is 0 Å². The van der Waals surface area contributed by atoms with E-state index in [2.05, 4.69) is 20.0 Å². The van der Waals surface area contributed by atoms with Crippen molar-refractivity contribution in [1.82, 2.24) is 9.97 Å². The van der Waals surface area contributed by atoms with Gasteiger partial charge in [-0.2, -0.15) is 0 Å². The van der Waals surface area contributed by atoms with E-state index in [1.807, 2.05) is 101 Å². The molecule has 5 aromatic rings. The molecule has 11 heteroatoms. The number of aromatic nitrogens is 2. The number of benzene rings is 2. The molecule has 5 rings (SSSR count). The molecule has 4 N–H and O–H groups in total. The normalized spacial score (nSPS) is 12.4. The Kier molecular flexibility index (Phi) is 8.93. The van der Waals surface area contributed by atoms with Gasteiger partial charge in [-0.05, 0) is 77.9 Å². The molecule has 0 aliphatic carbocycles. The zero-order valence-corrected chi connectivity index (χ0v) is 26.5. The number of hydrogen-bond acceptors (Lipinski definition) is 9. The largest absolute Gasteiger partial charge is 0.490 e. The van der Waals surface area contributed by atoms with Gasteiger partial charge in [0.2, 0.25) is 0 Å². The van der Waals surface area contributed by atoms with Crippen molar-refractivity contribution in [3.63, 3.8) is 0 Å². The van der Waals surface area contributed by atoms with Crippen LogP contribution in [0.2, 0.25) is 0 Å². The predicted molar refractivity (Wildman–Crippen MR) is 176 cm³/mol. The molecule has 0 spiro atoms. The van der Waals surface area contributed by atoms with Crippen molar-refractivity contribution in [3.05, 3.63) is 80.7 Å². The average molecular weight is 615 g/mol. The Morgan fingerprint density at radius 1 is 0.698 bits per heavy atom. The number of nitrogens with two attached hydrogens (primary N) is 2. The maximum Gasteiger partial charge on any atom is 0.150 e. The van der Waals surface area contributed by atoms with Gasteiger partial charge in [-0.1, -0.05) is 0 Å². The van der Waals surface area contributed by atoms with Crippen LogP contribution in [0.1, 0.15) is 49.1 Å². The summed E-state index contributed by atoms with van der Waals surface area (Å²) in [6, 6.07) is 15.2. The molecule has 3 aromatic heterocycles. The van der Waals surface area contributed by atoms with E-state index in [-0.39, 0.29) is 12.2 Å². The summed E-state index contributed by atoms with van der Waals surface area (Å²) in [5, 5.41) is 5.65. The molecule has 3 heterocycles. The lowest BCUT2D eigenvalue weighted by molar-refractivity contribution is 0.243. The van der Waals surface area contributed by atoms with Crippen molar-refractivity contribution in [3.8, 4) is 34.1 Å². The highest BCUT2D eigenvalue weighted by atomic mass is 32.1. The highest BCUT2D eigenvalue weighted by molar-refractivity contribution is 7.10. The van der Waals surface area contributed by atoms with Crippen LogP contribution in [-0.2, 0) is 0 Å². The first-order valence-electron chi connectivity index (χ1n) is 13.8. The van der Waals surface area contributed by atoms with E-state index in [1.165, 1.54) is 22.7 Å². The van der Waals surface area contributed by atoms with E-state index in [1.54, 1.807) is 0 Å². The summed E-state index contributed by atoms with van der Waals surface area (Å²) in [5.74, 6) is 3.25. The van der Waals surface area contributed by atoms with Crippen molar-refractivity contribution < 1.29 is 13.9 Å². The molecule has 0 saturated heterocycles. The summed E-state index contributed by atoms with van der Waals surface area (Å²) >= 11 is 3.06. The quantitative estimate of drug-likeness (QED) is 0.121. The van der Waals surface area contributed by atoms with E-state index >= 15 is 0 Å². The molecule has 2 aromatic carbocycles. The first-order valence-corrected chi connectivity index (χ1v) is 15.6. The predicted octanol–water partition coefficient (Wildman–Crippen LogP) is 7.79. The number of hydrogen-bond donors (Lipinski definition) is 2. The summed E-state index contributed by atoms with van der Waals surface area (Å²) in [7, 11) is 0. The van der Waals surface area contributed by atoms with Gasteiger partial charge in [0.1, 0.15) is 34.4 Å². The number of ether oxygens (including phenoxy) is 2. The SMILES string of the molecule is Cc1nc(C(N)=Nc2ccc(-c3ccc(-c4ccc(N=C(N)c5csc(C)n5)cc4OC(C)C)o3)c(OC(C)C)c2)cs1. The van der Waals surface area contributed by atoms with Crippen molar-refractivity contribution in [2.45, 2.75) is 53.8 Å². The van der Waals surface area contributed by atoms with Gasteiger partial charge in [0.25, 0.3) is 0 Å². The number of amidine groups is 2. The molecular weight excluding hydrogens is 581 g/mol. The fourth-order valence-electron chi connectivity index (χ4n) is 4.25. The highest BCUT2D eigenvalue weighted by Crippen LogP contribution is 2.40. The minimum Gasteiger partial charge on any atom is -0.490 e. The van der Waals surface area contributed by atoms with Crippen molar-refractivity contribution >= 4 is 45.7 Å². The van der Waals surface area contributed by atoms with Gasteiger partial charge in [-0.25, -0.2) is 20.0 Å². The Balaban J connectivity index is 1.48. The third-order valence-electron chi connectivity index (χ3n) is 6.05. The van der Waals surface area contributed by atoms with Crippen LogP contribution in [0.5, 0.6) is 11.5 Å². The fraction of sp³-hybridized carbons (Fsp3) is 0.250. The molecule has 0 bridgehead atoms. The van der Waals surface area contributed by atoms with Gasteiger partial charge < -0.3 is 25.4 Å². The number of rotatable bonds is 10. The van der Waals surface area contributed by atoms with Crippen LogP contribution < -0.4 is 20.9 Å². The number of aryl methyl sites for hydroxylation is 2. The first kappa shape index (κ1) is 30.0. The molecule has 0 fully saturated rings. The van der Waals surface area contributed by atoms with Gasteiger partial charge in [-0.3, -0.25) is 0 Å². The number of furan rings is 1. The van der Waals surface area contributed by atoms with Gasteiger partial charge in [0, 0.05) is 22.9 Å².